The molecule has 3 nitrogen and oxygen atoms in total. The Bertz CT molecular complexity index is 467. The number of hydrogen-bond acceptors (Lipinski definition) is 2. The monoisotopic (exact) mass is 328 g/mol. The molecule has 1 amide bonds. The molecule has 2 unspecified atom stereocenters. The van der Waals surface area contributed by atoms with Crippen LogP contribution in [-0.2, 0) is 11.3 Å². The minimum absolute atomic E-state index is 0.0501. The van der Waals surface area contributed by atoms with Crippen LogP contribution in [-0.4, -0.2) is 18.5 Å². The van der Waals surface area contributed by atoms with Gasteiger partial charge in [-0.1, -0.05) is 22.9 Å². The normalized spacial score (nSPS) is 23.1. The lowest BCUT2D eigenvalue weighted by Gasteiger charge is -2.27. The van der Waals surface area contributed by atoms with Gasteiger partial charge in [-0.05, 0) is 43.5 Å². The molecule has 1 heterocycles. The topological polar surface area (TPSA) is 41.1 Å². The molecule has 1 aliphatic heterocycles. The molecule has 2 rings (SSSR count). The molecular formula is C14H18BrFN2O. The lowest BCUT2D eigenvalue weighted by atomic mass is 9.94. The summed E-state index contributed by atoms with van der Waals surface area (Å²) in [4.78, 5) is 12.0. The van der Waals surface area contributed by atoms with E-state index in [0.29, 0.717) is 11.5 Å². The summed E-state index contributed by atoms with van der Waals surface area (Å²) in [5, 5.41) is 5.99. The second-order valence-electron chi connectivity index (χ2n) is 5.09. The SMILES string of the molecule is CC1CCNC(C(=O)NCc2cc(Br)ccc2F)C1. The van der Waals surface area contributed by atoms with Crippen molar-refractivity contribution in [1.82, 2.24) is 10.6 Å². The quantitative estimate of drug-likeness (QED) is 0.895. The number of hydrogen-bond donors (Lipinski definition) is 2. The molecule has 104 valence electrons. The molecule has 0 bridgehead atoms. The van der Waals surface area contributed by atoms with Crippen LogP contribution in [0, 0.1) is 11.7 Å². The first-order valence-corrected chi connectivity index (χ1v) is 7.30. The van der Waals surface area contributed by atoms with Gasteiger partial charge >= 0.3 is 0 Å². The Kier molecular flexibility index (Phi) is 4.93. The second-order valence-corrected chi connectivity index (χ2v) is 6.01. The maximum absolute atomic E-state index is 13.5. The molecule has 5 heteroatoms. The summed E-state index contributed by atoms with van der Waals surface area (Å²) in [6, 6.07) is 4.57. The molecule has 0 saturated carbocycles. The van der Waals surface area contributed by atoms with Crippen LogP contribution in [0.25, 0.3) is 0 Å². The molecule has 2 atom stereocenters. The summed E-state index contributed by atoms with van der Waals surface area (Å²) in [7, 11) is 0. The molecule has 0 aromatic heterocycles. The number of benzene rings is 1. The third-order valence-electron chi connectivity index (χ3n) is 3.44. The first-order chi connectivity index (χ1) is 9.06. The Morgan fingerprint density at radius 2 is 2.37 bits per heavy atom. The Morgan fingerprint density at radius 1 is 1.58 bits per heavy atom. The number of rotatable bonds is 3. The van der Waals surface area contributed by atoms with Crippen molar-refractivity contribution in [2.45, 2.75) is 32.4 Å². The molecule has 1 aromatic carbocycles. The lowest BCUT2D eigenvalue weighted by Crippen LogP contribution is -2.48. The van der Waals surface area contributed by atoms with Crippen molar-refractivity contribution in [3.8, 4) is 0 Å². The van der Waals surface area contributed by atoms with E-state index in [1.807, 2.05) is 0 Å². The smallest absolute Gasteiger partial charge is 0.237 e. The van der Waals surface area contributed by atoms with Gasteiger partial charge in [0.05, 0.1) is 6.04 Å². The van der Waals surface area contributed by atoms with Crippen molar-refractivity contribution in [3.63, 3.8) is 0 Å². The number of piperidine rings is 1. The van der Waals surface area contributed by atoms with E-state index in [0.717, 1.165) is 23.9 Å². The highest BCUT2D eigenvalue weighted by Crippen LogP contribution is 2.17. The molecule has 1 fully saturated rings. The van der Waals surface area contributed by atoms with E-state index >= 15 is 0 Å². The van der Waals surface area contributed by atoms with Gasteiger partial charge in [-0.15, -0.1) is 0 Å². The van der Waals surface area contributed by atoms with Gasteiger partial charge < -0.3 is 10.6 Å². The number of amides is 1. The molecule has 1 aromatic rings. The Balaban J connectivity index is 1.91. The zero-order valence-electron chi connectivity index (χ0n) is 10.9. The number of halogens is 2. The van der Waals surface area contributed by atoms with Crippen molar-refractivity contribution >= 4 is 21.8 Å². The van der Waals surface area contributed by atoms with Crippen LogP contribution in [0.15, 0.2) is 22.7 Å². The van der Waals surface area contributed by atoms with Gasteiger partial charge in [0.1, 0.15) is 5.82 Å². The molecule has 19 heavy (non-hydrogen) atoms. The summed E-state index contributed by atoms with van der Waals surface area (Å²) in [5.41, 5.74) is 0.492. The zero-order chi connectivity index (χ0) is 13.8. The van der Waals surface area contributed by atoms with Crippen molar-refractivity contribution in [2.75, 3.05) is 6.54 Å². The van der Waals surface area contributed by atoms with Gasteiger partial charge in [0.25, 0.3) is 0 Å². The van der Waals surface area contributed by atoms with Crippen LogP contribution >= 0.6 is 15.9 Å². The summed E-state index contributed by atoms with van der Waals surface area (Å²) in [6.07, 6.45) is 1.94. The summed E-state index contributed by atoms with van der Waals surface area (Å²) in [5.74, 6) is 0.207. The van der Waals surface area contributed by atoms with Crippen LogP contribution in [0.2, 0.25) is 0 Å². The molecule has 0 spiro atoms. The zero-order valence-corrected chi connectivity index (χ0v) is 12.5. The Morgan fingerprint density at radius 3 is 3.11 bits per heavy atom. The summed E-state index contributed by atoms with van der Waals surface area (Å²) in [6.45, 7) is 3.23. The van der Waals surface area contributed by atoms with E-state index < -0.39 is 0 Å². The van der Waals surface area contributed by atoms with E-state index in [4.69, 9.17) is 0 Å². The molecular weight excluding hydrogens is 311 g/mol. The fourth-order valence-corrected chi connectivity index (χ4v) is 2.70. The second kappa shape index (κ2) is 6.48. The average Bonchev–Trinajstić information content (AvgIpc) is 2.39. The van der Waals surface area contributed by atoms with Crippen LogP contribution in [0.4, 0.5) is 4.39 Å². The number of carbonyl (C=O) groups is 1. The standard InChI is InChI=1S/C14H18BrFN2O/c1-9-4-5-17-13(6-9)14(19)18-8-10-7-11(15)2-3-12(10)16/h2-3,7,9,13,17H,4-6,8H2,1H3,(H,18,19). The van der Waals surface area contributed by atoms with Crippen LogP contribution in [0.1, 0.15) is 25.3 Å². The average molecular weight is 329 g/mol. The van der Waals surface area contributed by atoms with Gasteiger partial charge in [-0.2, -0.15) is 0 Å². The van der Waals surface area contributed by atoms with Gasteiger partial charge in [-0.25, -0.2) is 4.39 Å². The van der Waals surface area contributed by atoms with Crippen molar-refractivity contribution in [2.24, 2.45) is 5.92 Å². The number of carbonyl (C=O) groups excluding carboxylic acids is 1. The van der Waals surface area contributed by atoms with Gasteiger partial charge in [0.15, 0.2) is 0 Å². The van der Waals surface area contributed by atoms with Crippen LogP contribution in [0.3, 0.4) is 0 Å². The highest BCUT2D eigenvalue weighted by Gasteiger charge is 2.24. The van der Waals surface area contributed by atoms with Gasteiger partial charge in [0.2, 0.25) is 5.91 Å². The molecule has 2 N–H and O–H groups in total. The molecule has 0 aliphatic carbocycles. The highest BCUT2D eigenvalue weighted by atomic mass is 79.9. The van der Waals surface area contributed by atoms with Crippen molar-refractivity contribution in [1.29, 1.82) is 0 Å². The Labute approximate surface area is 121 Å². The van der Waals surface area contributed by atoms with Gasteiger partial charge in [0, 0.05) is 16.6 Å². The summed E-state index contributed by atoms with van der Waals surface area (Å²) >= 11 is 3.30. The van der Waals surface area contributed by atoms with Crippen LogP contribution < -0.4 is 10.6 Å². The van der Waals surface area contributed by atoms with E-state index in [1.54, 1.807) is 12.1 Å². The predicted octanol–water partition coefficient (Wildman–Crippen LogP) is 2.59. The predicted molar refractivity (Wildman–Crippen MR) is 76.1 cm³/mol. The third-order valence-corrected chi connectivity index (χ3v) is 3.94. The minimum atomic E-state index is -0.298. The lowest BCUT2D eigenvalue weighted by molar-refractivity contribution is -0.124. The van der Waals surface area contributed by atoms with Gasteiger partial charge in [-0.3, -0.25) is 4.79 Å². The first kappa shape index (κ1) is 14.5. The Hall–Kier alpha value is -0.940. The maximum Gasteiger partial charge on any atom is 0.237 e. The van der Waals surface area contributed by atoms with E-state index in [-0.39, 0.29) is 24.3 Å². The van der Waals surface area contributed by atoms with Crippen LogP contribution in [0.5, 0.6) is 0 Å². The van der Waals surface area contributed by atoms with E-state index in [2.05, 4.69) is 33.5 Å². The maximum atomic E-state index is 13.5. The molecule has 1 saturated heterocycles. The summed E-state index contributed by atoms with van der Waals surface area (Å²) < 4.78 is 14.3. The highest BCUT2D eigenvalue weighted by molar-refractivity contribution is 9.10. The third kappa shape index (κ3) is 4.01. The molecule has 1 aliphatic rings. The number of nitrogens with one attached hydrogen (secondary N) is 2. The fourth-order valence-electron chi connectivity index (χ4n) is 2.29. The van der Waals surface area contributed by atoms with E-state index in [9.17, 15) is 9.18 Å². The van der Waals surface area contributed by atoms with Crippen molar-refractivity contribution < 1.29 is 9.18 Å². The van der Waals surface area contributed by atoms with E-state index in [1.165, 1.54) is 6.07 Å². The largest absolute Gasteiger partial charge is 0.351 e. The minimum Gasteiger partial charge on any atom is -0.351 e. The fraction of sp³-hybridized carbons (Fsp3) is 0.500. The molecule has 0 radical (unpaired) electrons. The van der Waals surface area contributed by atoms with Crippen molar-refractivity contribution in [3.05, 3.63) is 34.1 Å². The first-order valence-electron chi connectivity index (χ1n) is 6.51.